The molecule has 13 nitrogen and oxygen atoms in total. The van der Waals surface area contributed by atoms with Crippen molar-refractivity contribution in [1.82, 2.24) is 15.0 Å². The smallest absolute Gasteiger partial charge is 0.434 e. The molecule has 0 unspecified atom stereocenters. The lowest BCUT2D eigenvalue weighted by atomic mass is 10.1. The summed E-state index contributed by atoms with van der Waals surface area (Å²) >= 11 is 10.1. The van der Waals surface area contributed by atoms with Gasteiger partial charge in [-0.2, -0.15) is 0 Å². The van der Waals surface area contributed by atoms with Crippen LogP contribution in [0.3, 0.4) is 0 Å². The number of nitrogens with zero attached hydrogens (tertiary/aromatic N) is 3. The molecule has 2 heterocycles. The molecule has 1 N–H and O–H groups in total. The molecule has 1 aromatic carbocycles. The van der Waals surface area contributed by atoms with E-state index in [1.165, 1.54) is 11.3 Å². The zero-order chi connectivity index (χ0) is 35.6. The van der Waals surface area contributed by atoms with Crippen molar-refractivity contribution in [3.05, 3.63) is 33.2 Å². The Kier molecular flexibility index (Phi) is 11.6. The summed E-state index contributed by atoms with van der Waals surface area (Å²) < 4.78 is 34.6. The number of halogens is 2. The number of carbonyl (C=O) groups excluding carboxylic acids is 3. The number of carbonyl (C=O) groups is 3. The second-order valence-electron chi connectivity index (χ2n) is 14.1. The third-order valence-electron chi connectivity index (χ3n) is 6.46. The molecule has 0 bridgehead atoms. The number of nitrogens with one attached hydrogen (secondary N) is 1. The van der Waals surface area contributed by atoms with Gasteiger partial charge in [0, 0.05) is 28.5 Å². The van der Waals surface area contributed by atoms with Crippen LogP contribution in [0.15, 0.2) is 24.3 Å². The number of anilines is 1. The van der Waals surface area contributed by atoms with Crippen LogP contribution in [-0.4, -0.2) is 75.1 Å². The van der Waals surface area contributed by atoms with Gasteiger partial charge in [-0.3, -0.25) is 0 Å². The normalized spacial score (nSPS) is 19.8. The first-order chi connectivity index (χ1) is 22.2. The van der Waals surface area contributed by atoms with Gasteiger partial charge >= 0.3 is 18.5 Å². The van der Waals surface area contributed by atoms with Gasteiger partial charge in [0.2, 0.25) is 0 Å². The van der Waals surface area contributed by atoms with Gasteiger partial charge in [-0.25, -0.2) is 29.3 Å². The van der Waals surface area contributed by atoms with Crippen LogP contribution in [-0.2, 0) is 28.4 Å². The van der Waals surface area contributed by atoms with Crippen LogP contribution >= 0.6 is 45.5 Å². The molecule has 0 radical (unpaired) electrons. The fourth-order valence-corrected chi connectivity index (χ4v) is 6.74. The van der Waals surface area contributed by atoms with Crippen LogP contribution in [0.1, 0.15) is 68.7 Å². The van der Waals surface area contributed by atoms with Crippen molar-refractivity contribution in [2.45, 2.75) is 104 Å². The van der Waals surface area contributed by atoms with Gasteiger partial charge in [0.1, 0.15) is 39.4 Å². The molecule has 3 aromatic rings. The number of benzene rings is 1. The van der Waals surface area contributed by atoms with Gasteiger partial charge in [0.05, 0.1) is 21.8 Å². The second-order valence-corrected chi connectivity index (χ2v) is 16.5. The number of fused-ring (bicyclic) bond motifs is 1. The summed E-state index contributed by atoms with van der Waals surface area (Å²) in [5, 5.41) is 4.07. The molecular weight excluding hydrogens is 779 g/mol. The molecular formula is C32H40ClIN4O9S. The second kappa shape index (κ2) is 14.7. The van der Waals surface area contributed by atoms with E-state index in [2.05, 4.69) is 15.3 Å². The lowest BCUT2D eigenvalue weighted by Gasteiger charge is -2.29. The number of hydrogen-bond donors (Lipinski definition) is 1. The number of hydrogen-bond acceptors (Lipinski definition) is 14. The Bertz CT molecular complexity index is 1620. The van der Waals surface area contributed by atoms with E-state index < -0.39 is 59.4 Å². The topological polar surface area (TPSA) is 157 Å². The predicted molar refractivity (Wildman–Crippen MR) is 188 cm³/mol. The first-order valence-corrected chi connectivity index (χ1v) is 17.5. The maximum atomic E-state index is 13.1. The third kappa shape index (κ3) is 10.7. The first-order valence-electron chi connectivity index (χ1n) is 15.2. The van der Waals surface area contributed by atoms with E-state index >= 15 is 0 Å². The van der Waals surface area contributed by atoms with E-state index in [-0.39, 0.29) is 18.2 Å². The van der Waals surface area contributed by atoms with E-state index in [0.29, 0.717) is 20.2 Å². The van der Waals surface area contributed by atoms with Crippen molar-refractivity contribution in [2.24, 2.45) is 5.92 Å². The first kappa shape index (κ1) is 37.6. The lowest BCUT2D eigenvalue weighted by Crippen LogP contribution is -2.44. The van der Waals surface area contributed by atoms with E-state index in [0.717, 1.165) is 10.2 Å². The standard InChI is InChI=1S/C32H40ClIN4O9S/c1-30(2,3)45-27(39)42-15-16-14-18(22(44-29(41)47-32(7,8)9)21(16)43-28(40)46-31(4,5)6)35-24-20(23(33)37-26(34)38-24)25-36-17-12-10-11-13-19(17)48-25/h10-13,16,18,21-22H,14-15H2,1-9H3,(H,35,37,38)/t16-,18-,21-,22+/m1/s1. The molecule has 0 amide bonds. The molecule has 1 fully saturated rings. The van der Waals surface area contributed by atoms with E-state index in [1.807, 2.05) is 46.9 Å². The zero-order valence-electron chi connectivity index (χ0n) is 28.2. The SMILES string of the molecule is CC(C)(C)OC(=O)OC[C@H]1C[C@@H](Nc2nc(I)nc(Cl)c2-c2nc3ccccc3s2)[C@H](OC(=O)OC(C)(C)C)[C@@H]1OC(=O)OC(C)(C)C. The molecule has 2 aromatic heterocycles. The highest BCUT2D eigenvalue weighted by atomic mass is 127. The van der Waals surface area contributed by atoms with Crippen molar-refractivity contribution in [1.29, 1.82) is 0 Å². The van der Waals surface area contributed by atoms with Crippen molar-refractivity contribution in [2.75, 3.05) is 11.9 Å². The lowest BCUT2D eigenvalue weighted by molar-refractivity contribution is -0.0907. The van der Waals surface area contributed by atoms with Crippen LogP contribution in [0, 0.1) is 9.75 Å². The van der Waals surface area contributed by atoms with Crippen molar-refractivity contribution < 1.29 is 42.8 Å². The molecule has 1 aliphatic rings. The predicted octanol–water partition coefficient (Wildman–Crippen LogP) is 8.40. The highest BCUT2D eigenvalue weighted by Crippen LogP contribution is 2.41. The Hall–Kier alpha value is -3.18. The van der Waals surface area contributed by atoms with Gasteiger partial charge in [-0.1, -0.05) is 23.7 Å². The van der Waals surface area contributed by atoms with Crippen molar-refractivity contribution >= 4 is 80.0 Å². The Labute approximate surface area is 301 Å². The van der Waals surface area contributed by atoms with Gasteiger partial charge < -0.3 is 33.7 Å². The Balaban J connectivity index is 1.74. The van der Waals surface area contributed by atoms with Crippen molar-refractivity contribution in [3.63, 3.8) is 0 Å². The van der Waals surface area contributed by atoms with E-state index in [1.54, 1.807) is 62.3 Å². The number of rotatable bonds is 7. The molecule has 1 saturated carbocycles. The zero-order valence-corrected chi connectivity index (χ0v) is 31.9. The summed E-state index contributed by atoms with van der Waals surface area (Å²) in [6.45, 7) is 15.0. The summed E-state index contributed by atoms with van der Waals surface area (Å²) in [5.74, 6) is -0.372. The summed E-state index contributed by atoms with van der Waals surface area (Å²) in [4.78, 5) is 52.4. The van der Waals surface area contributed by atoms with Crippen LogP contribution in [0.2, 0.25) is 5.15 Å². The number of ether oxygens (including phenoxy) is 6. The highest BCUT2D eigenvalue weighted by Gasteiger charge is 2.50. The molecule has 0 saturated heterocycles. The Morgan fingerprint density at radius 3 is 2.00 bits per heavy atom. The molecule has 48 heavy (non-hydrogen) atoms. The summed E-state index contributed by atoms with van der Waals surface area (Å²) in [5.41, 5.74) is -1.35. The molecule has 262 valence electrons. The number of para-hydroxylation sites is 1. The van der Waals surface area contributed by atoms with Gasteiger partial charge in [0.25, 0.3) is 0 Å². The van der Waals surface area contributed by atoms with Crippen LogP contribution in [0.4, 0.5) is 20.2 Å². The molecule has 4 atom stereocenters. The van der Waals surface area contributed by atoms with Crippen LogP contribution < -0.4 is 5.32 Å². The average molecular weight is 819 g/mol. The summed E-state index contributed by atoms with van der Waals surface area (Å²) in [6.07, 6.45) is -5.02. The summed E-state index contributed by atoms with van der Waals surface area (Å²) in [6, 6.07) is 6.88. The Morgan fingerprint density at radius 1 is 0.854 bits per heavy atom. The molecule has 0 aliphatic heterocycles. The minimum Gasteiger partial charge on any atom is -0.434 e. The molecule has 16 heteroatoms. The minimum atomic E-state index is -1.16. The van der Waals surface area contributed by atoms with Gasteiger partial charge in [0.15, 0.2) is 16.0 Å². The van der Waals surface area contributed by atoms with E-state index in [4.69, 9.17) is 45.0 Å². The quantitative estimate of drug-likeness (QED) is 0.0798. The van der Waals surface area contributed by atoms with Gasteiger partial charge in [-0.05, 0) is 80.9 Å². The number of aromatic nitrogens is 3. The largest absolute Gasteiger partial charge is 0.509 e. The molecule has 0 spiro atoms. The average Bonchev–Trinajstić information content (AvgIpc) is 3.45. The highest BCUT2D eigenvalue weighted by molar-refractivity contribution is 14.1. The fourth-order valence-electron chi connectivity index (χ4n) is 4.79. The van der Waals surface area contributed by atoms with Crippen molar-refractivity contribution in [3.8, 4) is 10.6 Å². The Morgan fingerprint density at radius 2 is 1.42 bits per heavy atom. The maximum absolute atomic E-state index is 13.1. The minimum absolute atomic E-state index is 0.157. The molecule has 4 rings (SSSR count). The molecule has 1 aliphatic carbocycles. The van der Waals surface area contributed by atoms with Crippen LogP contribution in [0.25, 0.3) is 20.8 Å². The van der Waals surface area contributed by atoms with Gasteiger partial charge in [-0.15, -0.1) is 11.3 Å². The number of thiazole rings is 1. The monoisotopic (exact) mass is 818 g/mol. The van der Waals surface area contributed by atoms with E-state index in [9.17, 15) is 14.4 Å². The summed E-state index contributed by atoms with van der Waals surface area (Å²) in [7, 11) is 0. The maximum Gasteiger partial charge on any atom is 0.509 e. The van der Waals surface area contributed by atoms with Crippen LogP contribution in [0.5, 0.6) is 0 Å². The third-order valence-corrected chi connectivity index (χ3v) is 8.27. The fraction of sp³-hybridized carbons (Fsp3) is 0.562.